The summed E-state index contributed by atoms with van der Waals surface area (Å²) < 4.78 is 20.6. The predicted octanol–water partition coefficient (Wildman–Crippen LogP) is 4.71. The highest BCUT2D eigenvalue weighted by Crippen LogP contribution is 2.27. The van der Waals surface area contributed by atoms with Gasteiger partial charge in [0.1, 0.15) is 18.2 Å². The molecule has 0 unspecified atom stereocenters. The molecule has 2 aromatic carbocycles. The smallest absolute Gasteiger partial charge is 0.134 e. The van der Waals surface area contributed by atoms with Gasteiger partial charge < -0.3 is 4.74 Å². The first-order chi connectivity index (χ1) is 9.39. The molecule has 0 N–H and O–H groups in total. The molecule has 4 heteroatoms. The normalized spacial score (nSPS) is 11.4. The van der Waals surface area contributed by atoms with E-state index in [0.29, 0.717) is 12.4 Å². The Morgan fingerprint density at radius 2 is 1.70 bits per heavy atom. The van der Waals surface area contributed by atoms with Crippen LogP contribution in [0.3, 0.4) is 0 Å². The molecule has 0 aliphatic carbocycles. The van der Waals surface area contributed by atoms with Crippen molar-refractivity contribution in [3.05, 3.63) is 58.3 Å². The summed E-state index contributed by atoms with van der Waals surface area (Å²) in [6.07, 6.45) is 0. The van der Waals surface area contributed by atoms with Crippen LogP contribution < -0.4 is 9.92 Å². The average Bonchev–Trinajstić information content (AvgIpc) is 2.37. The first-order valence-electron chi connectivity index (χ1n) is 6.55. The zero-order valence-electron chi connectivity index (χ0n) is 11.9. The van der Waals surface area contributed by atoms with Crippen LogP contribution in [0.4, 0.5) is 4.39 Å². The van der Waals surface area contributed by atoms with Crippen molar-refractivity contribution in [1.82, 2.24) is 0 Å². The lowest BCUT2D eigenvalue weighted by atomic mass is 10.2. The maximum absolute atomic E-state index is 14.0. The summed E-state index contributed by atoms with van der Waals surface area (Å²) in [6, 6.07) is 13.1. The summed E-state index contributed by atoms with van der Waals surface area (Å²) in [5.74, 6) is 0.552. The summed E-state index contributed by atoms with van der Waals surface area (Å²) in [4.78, 5) is 0. The molecule has 0 heterocycles. The molecule has 0 bridgehead atoms. The minimum Gasteiger partial charge on any atom is -0.488 e. The third-order valence-corrected chi connectivity index (χ3v) is 6.18. The minimum atomic E-state index is -1.76. The highest BCUT2D eigenvalue weighted by atomic mass is 79.9. The van der Waals surface area contributed by atoms with E-state index in [1.54, 1.807) is 6.07 Å². The standard InChI is InChI=1S/C16H18BrFOSi/c1-20(2,3)16-13(18)9-10-14(15(16)17)19-11-12-7-5-4-6-8-12/h4-10H,11H2,1-3H3. The Morgan fingerprint density at radius 1 is 1.05 bits per heavy atom. The van der Waals surface area contributed by atoms with E-state index in [9.17, 15) is 4.39 Å². The number of rotatable bonds is 4. The fourth-order valence-electron chi connectivity index (χ4n) is 2.07. The second-order valence-electron chi connectivity index (χ2n) is 5.76. The van der Waals surface area contributed by atoms with E-state index in [2.05, 4.69) is 35.6 Å². The Kier molecular flexibility index (Phi) is 4.65. The van der Waals surface area contributed by atoms with Crippen LogP contribution in [0.5, 0.6) is 5.75 Å². The van der Waals surface area contributed by atoms with Gasteiger partial charge in [0.2, 0.25) is 0 Å². The van der Waals surface area contributed by atoms with Gasteiger partial charge in [-0.25, -0.2) is 4.39 Å². The predicted molar refractivity (Wildman–Crippen MR) is 87.9 cm³/mol. The summed E-state index contributed by atoms with van der Waals surface area (Å²) in [7, 11) is -1.76. The van der Waals surface area contributed by atoms with Crippen molar-refractivity contribution in [1.29, 1.82) is 0 Å². The van der Waals surface area contributed by atoms with Gasteiger partial charge in [0.15, 0.2) is 0 Å². The van der Waals surface area contributed by atoms with E-state index in [4.69, 9.17) is 4.74 Å². The highest BCUT2D eigenvalue weighted by Gasteiger charge is 2.25. The van der Waals surface area contributed by atoms with Gasteiger partial charge in [0, 0.05) is 0 Å². The molecule has 1 nitrogen and oxygen atoms in total. The van der Waals surface area contributed by atoms with Gasteiger partial charge in [-0.3, -0.25) is 0 Å². The molecular weight excluding hydrogens is 335 g/mol. The monoisotopic (exact) mass is 352 g/mol. The number of benzene rings is 2. The SMILES string of the molecule is C[Si](C)(C)c1c(F)ccc(OCc2ccccc2)c1Br. The van der Waals surface area contributed by atoms with Crippen molar-refractivity contribution in [3.8, 4) is 5.75 Å². The minimum absolute atomic E-state index is 0.150. The average molecular weight is 353 g/mol. The Morgan fingerprint density at radius 3 is 2.30 bits per heavy atom. The first kappa shape index (κ1) is 15.3. The van der Waals surface area contributed by atoms with Crippen LogP contribution in [0.1, 0.15) is 5.56 Å². The van der Waals surface area contributed by atoms with E-state index in [1.165, 1.54) is 6.07 Å². The highest BCUT2D eigenvalue weighted by molar-refractivity contribution is 9.10. The van der Waals surface area contributed by atoms with Gasteiger partial charge in [0.25, 0.3) is 0 Å². The fourth-order valence-corrected chi connectivity index (χ4v) is 5.87. The lowest BCUT2D eigenvalue weighted by Crippen LogP contribution is -2.41. The molecule has 0 aliphatic rings. The van der Waals surface area contributed by atoms with Crippen LogP contribution in [0.25, 0.3) is 0 Å². The topological polar surface area (TPSA) is 9.23 Å². The molecular formula is C16H18BrFOSi. The molecule has 0 spiro atoms. The van der Waals surface area contributed by atoms with Crippen molar-refractivity contribution in [2.24, 2.45) is 0 Å². The van der Waals surface area contributed by atoms with Crippen molar-refractivity contribution in [2.75, 3.05) is 0 Å². The van der Waals surface area contributed by atoms with Crippen LogP contribution >= 0.6 is 15.9 Å². The van der Waals surface area contributed by atoms with Crippen LogP contribution in [-0.4, -0.2) is 8.07 Å². The zero-order chi connectivity index (χ0) is 14.8. The molecule has 2 aromatic rings. The maximum Gasteiger partial charge on any atom is 0.134 e. The number of hydrogen-bond acceptors (Lipinski definition) is 1. The van der Waals surface area contributed by atoms with Crippen molar-refractivity contribution < 1.29 is 9.13 Å². The van der Waals surface area contributed by atoms with Crippen LogP contribution in [0.2, 0.25) is 19.6 Å². The molecule has 0 fully saturated rings. The van der Waals surface area contributed by atoms with Crippen LogP contribution in [0, 0.1) is 5.82 Å². The van der Waals surface area contributed by atoms with Gasteiger partial charge in [-0.2, -0.15) is 0 Å². The summed E-state index contributed by atoms with van der Waals surface area (Å²) >= 11 is 3.51. The summed E-state index contributed by atoms with van der Waals surface area (Å²) in [5, 5.41) is 0.781. The van der Waals surface area contributed by atoms with Crippen LogP contribution in [-0.2, 0) is 6.61 Å². The number of hydrogen-bond donors (Lipinski definition) is 0. The van der Waals surface area contributed by atoms with E-state index < -0.39 is 8.07 Å². The largest absolute Gasteiger partial charge is 0.488 e. The van der Waals surface area contributed by atoms with Gasteiger partial charge in [-0.05, 0) is 38.8 Å². The molecule has 0 saturated heterocycles. The lowest BCUT2D eigenvalue weighted by Gasteiger charge is -2.21. The molecule has 0 aliphatic heterocycles. The van der Waals surface area contributed by atoms with Gasteiger partial charge in [-0.15, -0.1) is 0 Å². The first-order valence-corrected chi connectivity index (χ1v) is 10.8. The van der Waals surface area contributed by atoms with Crippen molar-refractivity contribution in [2.45, 2.75) is 26.2 Å². The summed E-state index contributed by atoms with van der Waals surface area (Å²) in [6.45, 7) is 6.85. The third kappa shape index (κ3) is 3.49. The summed E-state index contributed by atoms with van der Waals surface area (Å²) in [5.41, 5.74) is 1.10. The Bertz CT molecular complexity index is 593. The molecule has 0 amide bonds. The van der Waals surface area contributed by atoms with Crippen molar-refractivity contribution in [3.63, 3.8) is 0 Å². The molecule has 106 valence electrons. The molecule has 0 saturated carbocycles. The second kappa shape index (κ2) is 6.10. The van der Waals surface area contributed by atoms with E-state index in [1.807, 2.05) is 30.3 Å². The molecule has 0 aromatic heterocycles. The Balaban J connectivity index is 2.26. The fraction of sp³-hybridized carbons (Fsp3) is 0.250. The third-order valence-electron chi connectivity index (χ3n) is 3.04. The van der Waals surface area contributed by atoms with Gasteiger partial charge in [-0.1, -0.05) is 50.0 Å². The van der Waals surface area contributed by atoms with E-state index >= 15 is 0 Å². The van der Waals surface area contributed by atoms with E-state index in [0.717, 1.165) is 15.2 Å². The Labute approximate surface area is 128 Å². The molecule has 2 rings (SSSR count). The maximum atomic E-state index is 14.0. The quantitative estimate of drug-likeness (QED) is 0.723. The Hall–Kier alpha value is -1.13. The molecule has 0 atom stereocenters. The van der Waals surface area contributed by atoms with Crippen LogP contribution in [0.15, 0.2) is 46.9 Å². The van der Waals surface area contributed by atoms with E-state index in [-0.39, 0.29) is 5.82 Å². The van der Waals surface area contributed by atoms with Gasteiger partial charge in [0.05, 0.1) is 12.5 Å². The zero-order valence-corrected chi connectivity index (χ0v) is 14.5. The lowest BCUT2D eigenvalue weighted by molar-refractivity contribution is 0.304. The second-order valence-corrected chi connectivity index (χ2v) is 11.6. The van der Waals surface area contributed by atoms with Gasteiger partial charge >= 0.3 is 0 Å². The molecule has 20 heavy (non-hydrogen) atoms. The van der Waals surface area contributed by atoms with Crippen molar-refractivity contribution >= 4 is 29.2 Å². The molecule has 0 radical (unpaired) electrons. The number of halogens is 2. The number of ether oxygens (including phenoxy) is 1.